The van der Waals surface area contributed by atoms with Gasteiger partial charge in [0, 0.05) is 18.7 Å². The van der Waals surface area contributed by atoms with Crippen molar-refractivity contribution < 1.29 is 18.0 Å². The molecular formula is C16H17F3N6O. The fourth-order valence-electron chi connectivity index (χ4n) is 2.67. The number of nitrogens with zero attached hydrogens (tertiary/aromatic N) is 5. The molecule has 1 atom stereocenters. The number of hydrogen-bond acceptors (Lipinski definition) is 4. The van der Waals surface area contributed by atoms with Crippen LogP contribution >= 0.6 is 0 Å². The highest BCUT2D eigenvalue weighted by Gasteiger charge is 2.38. The molecule has 1 unspecified atom stereocenters. The van der Waals surface area contributed by atoms with Gasteiger partial charge in [-0.05, 0) is 18.9 Å². The van der Waals surface area contributed by atoms with Gasteiger partial charge in [0.1, 0.15) is 17.5 Å². The summed E-state index contributed by atoms with van der Waals surface area (Å²) in [7, 11) is 1.58. The van der Waals surface area contributed by atoms with Crippen molar-refractivity contribution in [3.8, 4) is 6.07 Å². The Kier molecular flexibility index (Phi) is 4.48. The van der Waals surface area contributed by atoms with Crippen LogP contribution < -0.4 is 5.32 Å². The Hall–Kier alpha value is -2.83. The predicted octanol–water partition coefficient (Wildman–Crippen LogP) is 2.66. The normalized spacial score (nSPS) is 15.5. The number of aryl methyl sites for hydroxylation is 1. The summed E-state index contributed by atoms with van der Waals surface area (Å²) in [6.07, 6.45) is -1.54. The molecule has 0 aliphatic heterocycles. The van der Waals surface area contributed by atoms with Crippen molar-refractivity contribution in [1.29, 1.82) is 5.26 Å². The lowest BCUT2D eigenvalue weighted by Gasteiger charge is -2.14. The Morgan fingerprint density at radius 1 is 1.50 bits per heavy atom. The van der Waals surface area contributed by atoms with Crippen molar-refractivity contribution in [3.63, 3.8) is 0 Å². The second kappa shape index (κ2) is 6.48. The molecule has 1 saturated carbocycles. The van der Waals surface area contributed by atoms with Crippen molar-refractivity contribution in [1.82, 2.24) is 19.6 Å². The van der Waals surface area contributed by atoms with Crippen LogP contribution in [-0.2, 0) is 24.6 Å². The minimum atomic E-state index is -4.52. The third kappa shape index (κ3) is 3.56. The van der Waals surface area contributed by atoms with Gasteiger partial charge in [0.2, 0.25) is 5.91 Å². The third-order valence-corrected chi connectivity index (χ3v) is 4.29. The molecule has 10 heteroatoms. The van der Waals surface area contributed by atoms with Crippen LogP contribution in [0.3, 0.4) is 0 Å². The Bertz CT molecular complexity index is 872. The monoisotopic (exact) mass is 366 g/mol. The van der Waals surface area contributed by atoms with Crippen LogP contribution in [0.4, 0.5) is 19.0 Å². The first kappa shape index (κ1) is 18.0. The molecule has 0 bridgehead atoms. The first-order valence-electron chi connectivity index (χ1n) is 8.08. The second-order valence-corrected chi connectivity index (χ2v) is 6.44. The third-order valence-electron chi connectivity index (χ3n) is 4.29. The molecule has 1 aliphatic carbocycles. The van der Waals surface area contributed by atoms with Crippen molar-refractivity contribution in [2.75, 3.05) is 5.32 Å². The summed E-state index contributed by atoms with van der Waals surface area (Å²) in [6, 6.07) is 2.99. The lowest BCUT2D eigenvalue weighted by molar-refractivity contribution is -0.141. The maximum absolute atomic E-state index is 12.9. The SMILES string of the molecule is CC(Cn1nc(C(F)(F)F)cc1C1CC1)C(=O)Nc1c(C#N)cnn1C. The van der Waals surface area contributed by atoms with Crippen LogP contribution in [-0.4, -0.2) is 25.5 Å². The summed E-state index contributed by atoms with van der Waals surface area (Å²) in [5, 5.41) is 19.2. The molecule has 1 amide bonds. The molecule has 26 heavy (non-hydrogen) atoms. The van der Waals surface area contributed by atoms with Crippen molar-refractivity contribution in [2.45, 2.75) is 38.4 Å². The number of carbonyl (C=O) groups is 1. The number of nitriles is 1. The van der Waals surface area contributed by atoms with E-state index in [0.29, 0.717) is 5.69 Å². The van der Waals surface area contributed by atoms with E-state index < -0.39 is 23.7 Å². The zero-order valence-corrected chi connectivity index (χ0v) is 14.2. The molecule has 0 saturated heterocycles. The number of carbonyl (C=O) groups excluding carboxylic acids is 1. The number of nitrogens with one attached hydrogen (secondary N) is 1. The van der Waals surface area contributed by atoms with Gasteiger partial charge in [-0.1, -0.05) is 6.92 Å². The number of rotatable bonds is 5. The summed E-state index contributed by atoms with van der Waals surface area (Å²) in [6.45, 7) is 1.62. The van der Waals surface area contributed by atoms with Gasteiger partial charge >= 0.3 is 6.18 Å². The first-order chi connectivity index (χ1) is 12.2. The molecule has 138 valence electrons. The molecule has 1 aliphatic rings. The van der Waals surface area contributed by atoms with Crippen LogP contribution in [0.15, 0.2) is 12.3 Å². The largest absolute Gasteiger partial charge is 0.435 e. The van der Waals surface area contributed by atoms with Crippen LogP contribution in [0, 0.1) is 17.2 Å². The second-order valence-electron chi connectivity index (χ2n) is 6.44. The molecule has 0 aromatic carbocycles. The topological polar surface area (TPSA) is 88.5 Å². The highest BCUT2D eigenvalue weighted by Crippen LogP contribution is 2.42. The van der Waals surface area contributed by atoms with Gasteiger partial charge in [-0.15, -0.1) is 0 Å². The smallest absolute Gasteiger partial charge is 0.310 e. The summed E-state index contributed by atoms with van der Waals surface area (Å²) in [5.41, 5.74) is -0.217. The molecule has 7 nitrogen and oxygen atoms in total. The summed E-state index contributed by atoms with van der Waals surface area (Å²) >= 11 is 0. The molecule has 1 N–H and O–H groups in total. The molecule has 0 radical (unpaired) electrons. The average Bonchev–Trinajstić information content (AvgIpc) is 3.23. The van der Waals surface area contributed by atoms with Crippen molar-refractivity contribution >= 4 is 11.7 Å². The standard InChI is InChI=1S/C16H17F3N6O/c1-9(15(26)22-14-11(6-20)7-21-24(14)2)8-25-12(10-3-4-10)5-13(23-25)16(17,18)19/h5,7,9-10H,3-4,8H2,1-2H3,(H,22,26). The summed E-state index contributed by atoms with van der Waals surface area (Å²) in [5.74, 6) is -0.745. The Morgan fingerprint density at radius 2 is 2.19 bits per heavy atom. The number of amides is 1. The minimum absolute atomic E-state index is 0.0213. The van der Waals surface area contributed by atoms with Crippen LogP contribution in [0.1, 0.15) is 42.6 Å². The minimum Gasteiger partial charge on any atom is -0.310 e. The molecule has 3 rings (SSSR count). The fourth-order valence-corrected chi connectivity index (χ4v) is 2.67. The highest BCUT2D eigenvalue weighted by molar-refractivity contribution is 5.92. The van der Waals surface area contributed by atoms with E-state index in [1.807, 2.05) is 6.07 Å². The molecule has 1 fully saturated rings. The molecule has 2 aromatic heterocycles. The maximum atomic E-state index is 12.9. The van der Waals surface area contributed by atoms with E-state index in [1.165, 1.54) is 15.6 Å². The van der Waals surface area contributed by atoms with Gasteiger partial charge in [0.05, 0.1) is 18.7 Å². The number of aromatic nitrogens is 4. The maximum Gasteiger partial charge on any atom is 0.435 e. The van der Waals surface area contributed by atoms with E-state index >= 15 is 0 Å². The van der Waals surface area contributed by atoms with Crippen LogP contribution in [0.5, 0.6) is 0 Å². The molecule has 2 heterocycles. The Morgan fingerprint density at radius 3 is 2.77 bits per heavy atom. The van der Waals surface area contributed by atoms with Gasteiger partial charge < -0.3 is 5.32 Å². The van der Waals surface area contributed by atoms with E-state index in [4.69, 9.17) is 5.26 Å². The summed E-state index contributed by atoms with van der Waals surface area (Å²) in [4.78, 5) is 12.4. The average molecular weight is 366 g/mol. The number of hydrogen-bond donors (Lipinski definition) is 1. The van der Waals surface area contributed by atoms with E-state index in [0.717, 1.165) is 18.9 Å². The lowest BCUT2D eigenvalue weighted by atomic mass is 10.1. The van der Waals surface area contributed by atoms with Crippen molar-refractivity contribution in [3.05, 3.63) is 29.2 Å². The van der Waals surface area contributed by atoms with Crippen molar-refractivity contribution in [2.24, 2.45) is 13.0 Å². The van der Waals surface area contributed by atoms with Gasteiger partial charge in [0.25, 0.3) is 0 Å². The van der Waals surface area contributed by atoms with E-state index in [-0.39, 0.29) is 23.8 Å². The lowest BCUT2D eigenvalue weighted by Crippen LogP contribution is -2.27. The Balaban J connectivity index is 1.76. The number of halogens is 3. The zero-order valence-electron chi connectivity index (χ0n) is 14.2. The van der Waals surface area contributed by atoms with Gasteiger partial charge in [-0.25, -0.2) is 0 Å². The highest BCUT2D eigenvalue weighted by atomic mass is 19.4. The number of anilines is 1. The van der Waals surface area contributed by atoms with E-state index in [2.05, 4.69) is 15.5 Å². The van der Waals surface area contributed by atoms with Gasteiger partial charge in [-0.3, -0.25) is 14.2 Å². The van der Waals surface area contributed by atoms with E-state index in [9.17, 15) is 18.0 Å². The molecular weight excluding hydrogens is 349 g/mol. The van der Waals surface area contributed by atoms with Crippen LogP contribution in [0.25, 0.3) is 0 Å². The summed E-state index contributed by atoms with van der Waals surface area (Å²) < 4.78 is 41.5. The molecule has 0 spiro atoms. The van der Waals surface area contributed by atoms with E-state index in [1.54, 1.807) is 14.0 Å². The zero-order chi connectivity index (χ0) is 19.1. The predicted molar refractivity (Wildman–Crippen MR) is 84.9 cm³/mol. The Labute approximate surface area is 147 Å². The fraction of sp³-hybridized carbons (Fsp3) is 0.500. The van der Waals surface area contributed by atoms with Gasteiger partial charge in [0.15, 0.2) is 5.69 Å². The molecule has 2 aromatic rings. The quantitative estimate of drug-likeness (QED) is 0.881. The van der Waals surface area contributed by atoms with Crippen LogP contribution in [0.2, 0.25) is 0 Å². The first-order valence-corrected chi connectivity index (χ1v) is 8.08. The number of alkyl halides is 3. The van der Waals surface area contributed by atoms with Gasteiger partial charge in [-0.2, -0.15) is 28.6 Å².